The van der Waals surface area contributed by atoms with Crippen molar-refractivity contribution in [2.24, 2.45) is 0 Å². The Labute approximate surface area is 186 Å². The molecule has 162 valence electrons. The van der Waals surface area contributed by atoms with Crippen LogP contribution in [0.1, 0.15) is 22.0 Å². The largest absolute Gasteiger partial charge is 0.394 e. The number of aromatic nitrogens is 2. The highest BCUT2D eigenvalue weighted by Crippen LogP contribution is 2.38. The van der Waals surface area contributed by atoms with Gasteiger partial charge in [0, 0.05) is 24.0 Å². The molecule has 0 spiro atoms. The first-order chi connectivity index (χ1) is 15.1. The van der Waals surface area contributed by atoms with E-state index in [2.05, 4.69) is 15.3 Å². The lowest BCUT2D eigenvalue weighted by atomic mass is 10.0. The van der Waals surface area contributed by atoms with Crippen LogP contribution >= 0.6 is 11.3 Å². The second-order valence-corrected chi connectivity index (χ2v) is 8.95. The highest BCUT2D eigenvalue weighted by molar-refractivity contribution is 7.19. The quantitative estimate of drug-likeness (QED) is 0.553. The highest BCUT2D eigenvalue weighted by atomic mass is 32.1. The summed E-state index contributed by atoms with van der Waals surface area (Å²) in [7, 11) is 3.95. The molecule has 31 heavy (non-hydrogen) atoms. The molecule has 2 N–H and O–H groups in total. The first-order valence-corrected chi connectivity index (χ1v) is 11.2. The number of aliphatic hydroxyl groups excluding tert-OH is 1. The lowest BCUT2D eigenvalue weighted by Gasteiger charge is -2.26. The van der Waals surface area contributed by atoms with Crippen LogP contribution in [0.3, 0.4) is 0 Å². The third kappa shape index (κ3) is 4.76. The third-order valence-electron chi connectivity index (χ3n) is 5.38. The van der Waals surface area contributed by atoms with Crippen LogP contribution in [0.4, 0.5) is 5.82 Å². The number of aliphatic hydroxyl groups is 1. The molecule has 0 unspecified atom stereocenters. The maximum atomic E-state index is 12.6. The number of nitrogens with one attached hydrogen (secondary N) is 1. The van der Waals surface area contributed by atoms with E-state index in [1.165, 1.54) is 5.56 Å². The van der Waals surface area contributed by atoms with E-state index < -0.39 is 0 Å². The fraction of sp³-hybridized carbons (Fsp3) is 0.348. The van der Waals surface area contributed by atoms with Crippen LogP contribution < -0.4 is 5.32 Å². The van der Waals surface area contributed by atoms with Crippen LogP contribution in [0.25, 0.3) is 10.2 Å². The van der Waals surface area contributed by atoms with Gasteiger partial charge in [-0.05, 0) is 31.6 Å². The summed E-state index contributed by atoms with van der Waals surface area (Å²) in [6, 6.07) is 9.60. The lowest BCUT2D eigenvalue weighted by Crippen LogP contribution is -2.34. The minimum atomic E-state index is -0.252. The predicted octanol–water partition coefficient (Wildman–Crippen LogP) is 2.84. The van der Waals surface area contributed by atoms with Crippen molar-refractivity contribution in [3.05, 3.63) is 64.8 Å². The van der Waals surface area contributed by atoms with E-state index >= 15 is 0 Å². The van der Waals surface area contributed by atoms with Gasteiger partial charge in [0.2, 0.25) is 5.91 Å². The zero-order chi connectivity index (χ0) is 21.8. The number of likely N-dealkylation sites (N-methyl/N-ethyl adjacent to an activating group) is 1. The summed E-state index contributed by atoms with van der Waals surface area (Å²) in [5.74, 6) is 0.773. The van der Waals surface area contributed by atoms with E-state index in [0.29, 0.717) is 13.1 Å². The van der Waals surface area contributed by atoms with Crippen molar-refractivity contribution in [1.29, 1.82) is 0 Å². The first kappa shape index (κ1) is 21.4. The van der Waals surface area contributed by atoms with Crippen molar-refractivity contribution in [2.75, 3.05) is 39.1 Å². The molecule has 3 aromatic rings. The lowest BCUT2D eigenvalue weighted by molar-refractivity contribution is -0.126. The Morgan fingerprint density at radius 1 is 1.32 bits per heavy atom. The van der Waals surface area contributed by atoms with Crippen molar-refractivity contribution >= 4 is 33.3 Å². The summed E-state index contributed by atoms with van der Waals surface area (Å²) in [6.07, 6.45) is 5.88. The Balaban J connectivity index is 1.58. The van der Waals surface area contributed by atoms with Crippen molar-refractivity contribution in [3.63, 3.8) is 0 Å². The number of amides is 1. The average Bonchev–Trinajstić information content (AvgIpc) is 3.16. The van der Waals surface area contributed by atoms with Gasteiger partial charge in [-0.1, -0.05) is 36.4 Å². The molecule has 0 radical (unpaired) electrons. The summed E-state index contributed by atoms with van der Waals surface area (Å²) in [6.45, 7) is 1.96. The number of anilines is 1. The van der Waals surface area contributed by atoms with Gasteiger partial charge in [-0.3, -0.25) is 4.79 Å². The number of rotatable bonds is 7. The van der Waals surface area contributed by atoms with Crippen molar-refractivity contribution in [3.8, 4) is 0 Å². The number of nitrogens with zero attached hydrogens (tertiary/aromatic N) is 4. The van der Waals surface area contributed by atoms with Gasteiger partial charge in [-0.2, -0.15) is 0 Å². The van der Waals surface area contributed by atoms with Gasteiger partial charge in [-0.25, -0.2) is 9.97 Å². The molecule has 7 nitrogen and oxygen atoms in total. The van der Waals surface area contributed by atoms with Crippen molar-refractivity contribution < 1.29 is 9.90 Å². The summed E-state index contributed by atoms with van der Waals surface area (Å²) in [5, 5.41) is 14.4. The molecule has 4 rings (SSSR count). The SMILES string of the molecule is CN(C)CC=CC(=O)N1CCc2c(sc3ncnc(N[C@H](CO)c4ccccc4)c23)C1. The molecule has 0 fully saturated rings. The fourth-order valence-corrected chi connectivity index (χ4v) is 4.98. The number of carbonyl (C=O) groups is 1. The van der Waals surface area contributed by atoms with E-state index in [9.17, 15) is 9.90 Å². The molecule has 0 aliphatic carbocycles. The molecule has 0 saturated heterocycles. The molecule has 1 aliphatic heterocycles. The fourth-order valence-electron chi connectivity index (χ4n) is 3.78. The molecule has 1 amide bonds. The van der Waals surface area contributed by atoms with Gasteiger partial charge in [-0.15, -0.1) is 11.3 Å². The first-order valence-electron chi connectivity index (χ1n) is 10.3. The van der Waals surface area contributed by atoms with Gasteiger partial charge < -0.3 is 20.2 Å². The topological polar surface area (TPSA) is 81.6 Å². The standard InChI is InChI=1S/C23H27N5O2S/c1-27(2)11-6-9-20(30)28-12-10-17-19(13-28)31-23-21(17)22(24-15-25-23)26-18(14-29)16-7-4-3-5-8-16/h3-9,15,18,29H,10-14H2,1-2H3,(H,24,25,26)/t18-/m1/s1. The molecule has 1 aromatic carbocycles. The number of benzene rings is 1. The molecular weight excluding hydrogens is 410 g/mol. The molecular formula is C23H27N5O2S. The molecule has 0 saturated carbocycles. The smallest absolute Gasteiger partial charge is 0.246 e. The van der Waals surface area contributed by atoms with Crippen LogP contribution in [-0.2, 0) is 17.8 Å². The number of fused-ring (bicyclic) bond motifs is 3. The Morgan fingerprint density at radius 3 is 2.87 bits per heavy atom. The summed E-state index contributed by atoms with van der Waals surface area (Å²) in [4.78, 5) is 27.5. The Bertz CT molecular complexity index is 1080. The maximum Gasteiger partial charge on any atom is 0.246 e. The number of thiophene rings is 1. The maximum absolute atomic E-state index is 12.6. The zero-order valence-corrected chi connectivity index (χ0v) is 18.6. The normalized spacial score (nSPS) is 14.9. The van der Waals surface area contributed by atoms with Crippen molar-refractivity contribution in [2.45, 2.75) is 19.0 Å². The number of hydrogen-bond acceptors (Lipinski definition) is 7. The van der Waals surface area contributed by atoms with E-state index in [1.807, 2.05) is 60.3 Å². The molecule has 0 bridgehead atoms. The Morgan fingerprint density at radius 2 is 2.13 bits per heavy atom. The van der Waals surface area contributed by atoms with E-state index in [4.69, 9.17) is 0 Å². The third-order valence-corrected chi connectivity index (χ3v) is 6.50. The van der Waals surface area contributed by atoms with Crippen LogP contribution in [0.5, 0.6) is 0 Å². The van der Waals surface area contributed by atoms with Gasteiger partial charge in [0.1, 0.15) is 17.0 Å². The molecule has 8 heteroatoms. The van der Waals surface area contributed by atoms with E-state index in [1.54, 1.807) is 23.7 Å². The molecule has 3 heterocycles. The monoisotopic (exact) mass is 437 g/mol. The minimum absolute atomic E-state index is 0.0383. The minimum Gasteiger partial charge on any atom is -0.394 e. The second kappa shape index (κ2) is 9.55. The molecule has 2 aromatic heterocycles. The van der Waals surface area contributed by atoms with Crippen LogP contribution in [0.2, 0.25) is 0 Å². The van der Waals surface area contributed by atoms with E-state index in [-0.39, 0.29) is 18.6 Å². The predicted molar refractivity (Wildman–Crippen MR) is 124 cm³/mol. The van der Waals surface area contributed by atoms with Gasteiger partial charge in [0.05, 0.1) is 24.6 Å². The average molecular weight is 438 g/mol. The van der Waals surface area contributed by atoms with Crippen LogP contribution in [0.15, 0.2) is 48.8 Å². The van der Waals surface area contributed by atoms with Crippen LogP contribution in [0, 0.1) is 0 Å². The van der Waals surface area contributed by atoms with Gasteiger partial charge in [0.15, 0.2) is 0 Å². The molecule has 1 atom stereocenters. The summed E-state index contributed by atoms with van der Waals surface area (Å²) < 4.78 is 0. The summed E-state index contributed by atoms with van der Waals surface area (Å²) >= 11 is 1.61. The molecule has 1 aliphatic rings. The highest BCUT2D eigenvalue weighted by Gasteiger charge is 2.26. The van der Waals surface area contributed by atoms with Crippen LogP contribution in [-0.4, -0.2) is 64.6 Å². The van der Waals surface area contributed by atoms with Gasteiger partial charge in [0.25, 0.3) is 0 Å². The Hall–Kier alpha value is -2.81. The number of carbonyl (C=O) groups excluding carboxylic acids is 1. The van der Waals surface area contributed by atoms with E-state index in [0.717, 1.165) is 39.4 Å². The van der Waals surface area contributed by atoms with Gasteiger partial charge >= 0.3 is 0 Å². The zero-order valence-electron chi connectivity index (χ0n) is 17.8. The Kier molecular flexibility index (Phi) is 6.60. The van der Waals surface area contributed by atoms with Crippen molar-refractivity contribution in [1.82, 2.24) is 19.8 Å². The second-order valence-electron chi connectivity index (χ2n) is 7.87. The number of hydrogen-bond donors (Lipinski definition) is 2. The summed E-state index contributed by atoms with van der Waals surface area (Å²) in [5.41, 5.74) is 2.20.